The molecule has 0 aliphatic carbocycles. The number of rotatable bonds is 12. The minimum absolute atomic E-state index is 0.150. The van der Waals surface area contributed by atoms with Gasteiger partial charge in [-0.1, -0.05) is 18.2 Å². The molecule has 4 aliphatic rings. The van der Waals surface area contributed by atoms with Crippen molar-refractivity contribution in [1.29, 1.82) is 0 Å². The Morgan fingerprint density at radius 2 is 0.917 bits per heavy atom. The molecule has 3 aromatic carbocycles. The summed E-state index contributed by atoms with van der Waals surface area (Å²) in [5.74, 6) is 4.65. The largest absolute Gasteiger partial charge is 0.495 e. The molecular formula is C55H63ClN8O8. The maximum absolute atomic E-state index is 12.9. The van der Waals surface area contributed by atoms with Gasteiger partial charge in [0.05, 0.1) is 57.0 Å². The number of ether oxygens (including phenoxy) is 6. The van der Waals surface area contributed by atoms with Crippen molar-refractivity contribution in [3.63, 3.8) is 0 Å². The number of likely N-dealkylation sites (N-methyl/N-ethyl adjacent to an activating group) is 1. The van der Waals surface area contributed by atoms with Gasteiger partial charge in [-0.3, -0.25) is 19.7 Å². The average molecular weight is 1000 g/mol. The van der Waals surface area contributed by atoms with E-state index in [-0.39, 0.29) is 6.03 Å². The lowest BCUT2D eigenvalue weighted by molar-refractivity contribution is 0.118. The molecule has 0 radical (unpaired) electrons. The van der Waals surface area contributed by atoms with Crippen molar-refractivity contribution < 1.29 is 38.0 Å². The summed E-state index contributed by atoms with van der Waals surface area (Å²) < 4.78 is 32.8. The summed E-state index contributed by atoms with van der Waals surface area (Å²) in [6.45, 7) is 9.29. The highest BCUT2D eigenvalue weighted by molar-refractivity contribution is 6.62. The van der Waals surface area contributed by atoms with Crippen LogP contribution in [0, 0.1) is 0 Å². The minimum atomic E-state index is -0.413. The highest BCUT2D eigenvalue weighted by Gasteiger charge is 2.27. The van der Waals surface area contributed by atoms with Gasteiger partial charge < -0.3 is 53.3 Å². The number of aromatic nitrogens is 3. The van der Waals surface area contributed by atoms with Crippen LogP contribution in [0.2, 0.25) is 0 Å². The molecule has 3 amide bonds. The van der Waals surface area contributed by atoms with Crippen molar-refractivity contribution in [3.05, 3.63) is 160 Å². The third-order valence-corrected chi connectivity index (χ3v) is 13.2. The summed E-state index contributed by atoms with van der Waals surface area (Å²) in [6, 6.07) is 29.9. The third-order valence-electron chi connectivity index (χ3n) is 13.0. The number of methoxy groups -OCH3 is 3. The zero-order valence-electron chi connectivity index (χ0n) is 41.5. The quantitative estimate of drug-likeness (QED) is 0.0930. The van der Waals surface area contributed by atoms with E-state index in [1.807, 2.05) is 76.5 Å². The van der Waals surface area contributed by atoms with Crippen LogP contribution in [0.4, 0.5) is 9.59 Å². The van der Waals surface area contributed by atoms with Crippen molar-refractivity contribution in [2.75, 3.05) is 74.2 Å². The van der Waals surface area contributed by atoms with Gasteiger partial charge in [0.1, 0.15) is 54.3 Å². The van der Waals surface area contributed by atoms with Crippen molar-refractivity contribution in [3.8, 4) is 34.5 Å². The predicted octanol–water partition coefficient (Wildman–Crippen LogP) is 8.10. The Morgan fingerprint density at radius 1 is 0.500 bits per heavy atom. The number of amides is 3. The van der Waals surface area contributed by atoms with Gasteiger partial charge >= 0.3 is 11.4 Å². The molecule has 1 N–H and O–H groups in total. The zero-order valence-corrected chi connectivity index (χ0v) is 42.2. The van der Waals surface area contributed by atoms with E-state index in [4.69, 9.17) is 40.0 Å². The van der Waals surface area contributed by atoms with Crippen molar-refractivity contribution in [2.24, 2.45) is 0 Å². The Balaban J connectivity index is 0.000000147. The topological polar surface area (TPSA) is 153 Å². The molecule has 10 rings (SSSR count). The van der Waals surface area contributed by atoms with E-state index in [1.54, 1.807) is 44.8 Å². The summed E-state index contributed by atoms with van der Waals surface area (Å²) in [5.41, 5.74) is 10.1. The van der Waals surface area contributed by atoms with Gasteiger partial charge in [0.25, 0.3) is 0 Å². The molecule has 1 fully saturated rings. The first-order valence-corrected chi connectivity index (χ1v) is 24.6. The lowest BCUT2D eigenvalue weighted by Crippen LogP contribution is -2.52. The molecule has 378 valence electrons. The summed E-state index contributed by atoms with van der Waals surface area (Å²) in [6.07, 6.45) is 7.84. The van der Waals surface area contributed by atoms with Crippen LogP contribution in [-0.2, 0) is 58.7 Å². The van der Waals surface area contributed by atoms with E-state index in [2.05, 4.69) is 56.5 Å². The van der Waals surface area contributed by atoms with Crippen molar-refractivity contribution in [2.45, 2.75) is 58.7 Å². The van der Waals surface area contributed by atoms with Crippen LogP contribution >= 0.6 is 11.6 Å². The molecule has 72 heavy (non-hydrogen) atoms. The Bertz CT molecular complexity index is 2720. The Labute approximate surface area is 426 Å². The number of fused-ring (bicyclic) bond motifs is 3. The van der Waals surface area contributed by atoms with E-state index in [9.17, 15) is 9.59 Å². The fourth-order valence-corrected chi connectivity index (χ4v) is 8.77. The lowest BCUT2D eigenvalue weighted by atomic mass is 9.99. The smallest absolute Gasteiger partial charge is 0.320 e. The molecule has 0 spiro atoms. The number of nitrogens with zero attached hydrogens (tertiary/aromatic N) is 7. The van der Waals surface area contributed by atoms with E-state index in [0.29, 0.717) is 45.2 Å². The minimum Gasteiger partial charge on any atom is -0.495 e. The first-order chi connectivity index (χ1) is 35.1. The molecule has 0 atom stereocenters. The fraction of sp³-hybridized carbons (Fsp3) is 0.364. The van der Waals surface area contributed by atoms with Crippen molar-refractivity contribution >= 4 is 23.0 Å². The number of piperazine rings is 1. The molecule has 3 aromatic heterocycles. The van der Waals surface area contributed by atoms with Gasteiger partial charge in [-0.05, 0) is 151 Å². The van der Waals surface area contributed by atoms with Crippen LogP contribution < -0.4 is 33.7 Å². The van der Waals surface area contributed by atoms with E-state index < -0.39 is 5.37 Å². The Morgan fingerprint density at radius 3 is 1.35 bits per heavy atom. The number of benzene rings is 3. The Hall–Kier alpha value is -7.14. The van der Waals surface area contributed by atoms with Crippen LogP contribution in [0.1, 0.15) is 50.5 Å². The number of pyridine rings is 3. The molecule has 16 nitrogen and oxygen atoms in total. The van der Waals surface area contributed by atoms with Gasteiger partial charge in [-0.25, -0.2) is 4.79 Å². The van der Waals surface area contributed by atoms with E-state index in [1.165, 1.54) is 27.8 Å². The van der Waals surface area contributed by atoms with Gasteiger partial charge in [0.15, 0.2) is 0 Å². The highest BCUT2D eigenvalue weighted by atomic mass is 35.5. The summed E-state index contributed by atoms with van der Waals surface area (Å²) in [4.78, 5) is 44.9. The van der Waals surface area contributed by atoms with Crippen LogP contribution in [-0.4, -0.2) is 120 Å². The molecule has 17 heteroatoms. The normalized spacial score (nSPS) is 14.9. The van der Waals surface area contributed by atoms with E-state index in [0.717, 1.165) is 116 Å². The predicted molar refractivity (Wildman–Crippen MR) is 274 cm³/mol. The summed E-state index contributed by atoms with van der Waals surface area (Å²) >= 11 is 5.57. The van der Waals surface area contributed by atoms with Crippen LogP contribution in [0.25, 0.3) is 0 Å². The lowest BCUT2D eigenvalue weighted by Gasteiger charge is -2.38. The molecule has 1 saturated heterocycles. The molecule has 0 unspecified atom stereocenters. The van der Waals surface area contributed by atoms with Gasteiger partial charge in [-0.15, -0.1) is 0 Å². The molecule has 0 saturated carbocycles. The number of carbonyl (C=O) groups is 2. The van der Waals surface area contributed by atoms with Crippen LogP contribution in [0.3, 0.4) is 0 Å². The fourth-order valence-electron chi connectivity index (χ4n) is 8.63. The average Bonchev–Trinajstić information content (AvgIpc) is 3.43. The number of halogens is 1. The number of nitrogens with one attached hydrogen (secondary N) is 1. The number of hydrogen-bond acceptors (Lipinski definition) is 13. The molecule has 6 aromatic rings. The highest BCUT2D eigenvalue weighted by Crippen LogP contribution is 2.28. The van der Waals surface area contributed by atoms with E-state index >= 15 is 0 Å². The number of urea groups is 1. The number of hydrogen-bond donors (Lipinski definition) is 1. The monoisotopic (exact) mass is 998 g/mol. The van der Waals surface area contributed by atoms with Gasteiger partial charge in [0, 0.05) is 58.9 Å². The molecule has 0 bridgehead atoms. The molecular weight excluding hydrogens is 936 g/mol. The van der Waals surface area contributed by atoms with Crippen LogP contribution in [0.15, 0.2) is 110 Å². The van der Waals surface area contributed by atoms with Crippen LogP contribution in [0.5, 0.6) is 34.5 Å². The second-order valence-corrected chi connectivity index (χ2v) is 18.1. The van der Waals surface area contributed by atoms with Crippen molar-refractivity contribution in [1.82, 2.24) is 39.9 Å². The summed E-state index contributed by atoms with van der Waals surface area (Å²) in [5, 5.41) is 2.96. The molecule has 7 heterocycles. The van der Waals surface area contributed by atoms with Gasteiger partial charge in [0.2, 0.25) is 0 Å². The van der Waals surface area contributed by atoms with Gasteiger partial charge in [-0.2, -0.15) is 0 Å². The number of carbonyl (C=O) groups excluding carboxylic acids is 2. The first kappa shape index (κ1) is 51.2. The second-order valence-electron chi connectivity index (χ2n) is 17.8. The SMILES string of the molecule is COc1ccc(COc2ccc3c(c2)CN(C(=O)Cl)CC3)nc1.COc1ccc(COc2ccc3c(c2)CN(C(=O)N2CCN(C)CC2)CC3)nc1.COc1ccc(COc2ccc3c(c2)CNCC3)nc1. The second kappa shape index (κ2) is 25.3. The third kappa shape index (κ3) is 14.3. The first-order valence-electron chi connectivity index (χ1n) is 24.2. The molecule has 4 aliphatic heterocycles. The Kier molecular flexibility index (Phi) is 18.0. The standard InChI is InChI=1S/C22H28N4O3.C17H17ClN2O3.C16H18N2O2/c1-24-9-11-25(12-10-24)22(27)26-8-7-17-3-5-20(13-18(17)15-26)29-16-19-4-6-21(28-2)14-23-19;1-22-16-5-3-14(19-9-16)11-23-15-4-2-12-6-7-20(17(18)21)10-13(12)8-15;1-19-16-5-3-14(18-10-16)11-20-15-4-2-12-6-7-17-9-13(12)8-15/h3-6,13-14H,7-12,15-16H2,1-2H3;2-5,8-9H,6-7,10-11H2,1H3;2-5,8,10,17H,6-7,9,11H2,1H3. The zero-order chi connectivity index (χ0) is 50.2. The maximum atomic E-state index is 12.9. The maximum Gasteiger partial charge on any atom is 0.320 e. The summed E-state index contributed by atoms with van der Waals surface area (Å²) in [7, 11) is 6.96.